The minimum Gasteiger partial charge on any atom is -0.480 e. The van der Waals surface area contributed by atoms with E-state index in [0.29, 0.717) is 0 Å². The molecule has 0 aromatic carbocycles. The third-order valence-corrected chi connectivity index (χ3v) is 4.18. The van der Waals surface area contributed by atoms with Crippen molar-refractivity contribution in [1.82, 2.24) is 16.0 Å². The van der Waals surface area contributed by atoms with Crippen molar-refractivity contribution in [3.63, 3.8) is 0 Å². The summed E-state index contributed by atoms with van der Waals surface area (Å²) in [5.41, 5.74) is 15.7. The van der Waals surface area contributed by atoms with E-state index in [9.17, 15) is 33.9 Å². The Morgan fingerprint density at radius 3 is 1.52 bits per heavy atom. The maximum atomic E-state index is 12.7. The summed E-state index contributed by atoms with van der Waals surface area (Å²) >= 11 is 0. The molecule has 0 aromatic rings. The average Bonchev–Trinajstić information content (AvgIpc) is 2.66. The van der Waals surface area contributed by atoms with Crippen LogP contribution < -0.4 is 33.2 Å². The molecule has 0 heterocycles. The third-order valence-electron chi connectivity index (χ3n) is 4.18. The molecule has 0 aliphatic rings. The number of carboxylic acids is 1. The highest BCUT2D eigenvalue weighted by Crippen LogP contribution is 2.04. The molecule has 0 spiro atoms. The molecule has 14 heteroatoms. The predicted octanol–water partition coefficient (Wildman–Crippen LogP) is -4.22. The van der Waals surface area contributed by atoms with Gasteiger partial charge in [-0.3, -0.25) is 28.8 Å². The van der Waals surface area contributed by atoms with Crippen molar-refractivity contribution in [2.24, 2.45) is 17.2 Å². The van der Waals surface area contributed by atoms with E-state index in [2.05, 4.69) is 16.0 Å². The van der Waals surface area contributed by atoms with Crippen LogP contribution in [0.2, 0.25) is 0 Å². The SMILES string of the molecule is CC(NC(=O)C(CCC(N)=O)NC(=O)C(CCC(N)=O)NC(=O)C(N)C(C)O)C(=O)O. The van der Waals surface area contributed by atoms with Crippen molar-refractivity contribution in [3.8, 4) is 0 Å². The number of amides is 5. The molecule has 0 saturated carbocycles. The fourth-order valence-electron chi connectivity index (χ4n) is 2.25. The van der Waals surface area contributed by atoms with Gasteiger partial charge in [0.05, 0.1) is 6.10 Å². The summed E-state index contributed by atoms with van der Waals surface area (Å²) < 4.78 is 0. The van der Waals surface area contributed by atoms with Gasteiger partial charge in [0.1, 0.15) is 24.2 Å². The second kappa shape index (κ2) is 13.1. The molecule has 31 heavy (non-hydrogen) atoms. The molecule has 0 aliphatic carbocycles. The van der Waals surface area contributed by atoms with Crippen LogP contribution >= 0.6 is 0 Å². The van der Waals surface area contributed by atoms with Gasteiger partial charge in [-0.2, -0.15) is 0 Å². The minimum atomic E-state index is -1.37. The normalized spacial score (nSPS) is 15.5. The number of nitrogens with two attached hydrogens (primary N) is 3. The molecule has 11 N–H and O–H groups in total. The van der Waals surface area contributed by atoms with Gasteiger partial charge in [-0.25, -0.2) is 0 Å². The van der Waals surface area contributed by atoms with Gasteiger partial charge in [-0.15, -0.1) is 0 Å². The van der Waals surface area contributed by atoms with Crippen LogP contribution in [-0.4, -0.2) is 76.0 Å². The first kappa shape index (κ1) is 27.7. The van der Waals surface area contributed by atoms with Crippen LogP contribution in [0.15, 0.2) is 0 Å². The zero-order chi connectivity index (χ0) is 24.3. The average molecular weight is 446 g/mol. The highest BCUT2D eigenvalue weighted by molar-refractivity contribution is 5.94. The molecule has 14 nitrogen and oxygen atoms in total. The number of carbonyl (C=O) groups excluding carboxylic acids is 5. The Hall–Kier alpha value is -3.26. The van der Waals surface area contributed by atoms with Crippen LogP contribution in [0.5, 0.6) is 0 Å². The van der Waals surface area contributed by atoms with E-state index in [1.165, 1.54) is 13.8 Å². The van der Waals surface area contributed by atoms with Crippen LogP contribution in [0.1, 0.15) is 39.5 Å². The maximum absolute atomic E-state index is 12.7. The molecule has 0 fully saturated rings. The van der Waals surface area contributed by atoms with Crippen molar-refractivity contribution < 1.29 is 39.0 Å². The second-order valence-electron chi connectivity index (χ2n) is 6.97. The summed E-state index contributed by atoms with van der Waals surface area (Å²) in [6.07, 6.45) is -2.31. The lowest BCUT2D eigenvalue weighted by molar-refractivity contribution is -0.142. The Morgan fingerprint density at radius 2 is 1.16 bits per heavy atom. The Morgan fingerprint density at radius 1 is 0.774 bits per heavy atom. The van der Waals surface area contributed by atoms with E-state index in [1.807, 2.05) is 0 Å². The fourth-order valence-corrected chi connectivity index (χ4v) is 2.25. The van der Waals surface area contributed by atoms with Crippen LogP contribution in [0.25, 0.3) is 0 Å². The van der Waals surface area contributed by atoms with Gasteiger partial charge in [0.15, 0.2) is 0 Å². The number of aliphatic hydroxyl groups is 1. The lowest BCUT2D eigenvalue weighted by Crippen LogP contribution is -2.58. The number of rotatable bonds is 14. The van der Waals surface area contributed by atoms with Crippen molar-refractivity contribution in [2.45, 2.75) is 69.8 Å². The molecule has 0 radical (unpaired) electrons. The van der Waals surface area contributed by atoms with Gasteiger partial charge in [-0.1, -0.05) is 0 Å². The standard InChI is InChI=1S/C17H30N6O8/c1-7(17(30)31)21-14(27)9(3-5-11(18)25)22-15(28)10(4-6-12(19)26)23-16(29)13(20)8(2)24/h7-10,13,24H,3-6,20H2,1-2H3,(H2,18,25)(H2,19,26)(H,21,27)(H,22,28)(H,23,29)(H,30,31). The van der Waals surface area contributed by atoms with E-state index < -0.39 is 65.8 Å². The smallest absolute Gasteiger partial charge is 0.325 e. The number of primary amides is 2. The zero-order valence-corrected chi connectivity index (χ0v) is 17.3. The summed E-state index contributed by atoms with van der Waals surface area (Å²) in [6, 6.07) is -5.37. The van der Waals surface area contributed by atoms with Gasteiger partial charge in [-0.05, 0) is 26.7 Å². The van der Waals surface area contributed by atoms with Gasteiger partial charge < -0.3 is 43.4 Å². The van der Waals surface area contributed by atoms with Crippen LogP contribution in [0.3, 0.4) is 0 Å². The van der Waals surface area contributed by atoms with E-state index in [1.54, 1.807) is 0 Å². The molecule has 176 valence electrons. The van der Waals surface area contributed by atoms with Crippen molar-refractivity contribution >= 4 is 35.5 Å². The topological polar surface area (TPSA) is 257 Å². The first-order chi connectivity index (χ1) is 14.3. The first-order valence-corrected chi connectivity index (χ1v) is 9.40. The van der Waals surface area contributed by atoms with Gasteiger partial charge in [0.25, 0.3) is 0 Å². The largest absolute Gasteiger partial charge is 0.480 e. The minimum absolute atomic E-state index is 0.241. The Balaban J connectivity index is 5.47. The molecule has 5 amide bonds. The Kier molecular flexibility index (Phi) is 11.7. The lowest BCUT2D eigenvalue weighted by atomic mass is 10.1. The van der Waals surface area contributed by atoms with E-state index in [0.717, 1.165) is 0 Å². The molecular weight excluding hydrogens is 416 g/mol. The van der Waals surface area contributed by atoms with E-state index in [4.69, 9.17) is 22.3 Å². The lowest BCUT2D eigenvalue weighted by Gasteiger charge is -2.25. The third kappa shape index (κ3) is 10.9. The van der Waals surface area contributed by atoms with Gasteiger partial charge >= 0.3 is 5.97 Å². The molecule has 0 saturated heterocycles. The van der Waals surface area contributed by atoms with Gasteiger partial charge in [0, 0.05) is 12.8 Å². The molecule has 0 bridgehead atoms. The number of aliphatic hydroxyl groups excluding tert-OH is 1. The highest BCUT2D eigenvalue weighted by Gasteiger charge is 2.30. The van der Waals surface area contributed by atoms with E-state index >= 15 is 0 Å². The predicted molar refractivity (Wildman–Crippen MR) is 106 cm³/mol. The Bertz CT molecular complexity index is 698. The van der Waals surface area contributed by atoms with Crippen LogP contribution in [0, 0.1) is 0 Å². The van der Waals surface area contributed by atoms with Gasteiger partial charge in [0.2, 0.25) is 29.5 Å². The van der Waals surface area contributed by atoms with Crippen molar-refractivity contribution in [1.29, 1.82) is 0 Å². The van der Waals surface area contributed by atoms with Crippen LogP contribution in [-0.2, 0) is 28.8 Å². The summed E-state index contributed by atoms with van der Waals surface area (Å²) in [5.74, 6) is -5.56. The maximum Gasteiger partial charge on any atom is 0.325 e. The summed E-state index contributed by atoms with van der Waals surface area (Å²) in [4.78, 5) is 70.2. The second-order valence-corrected chi connectivity index (χ2v) is 6.97. The number of aliphatic carboxylic acids is 1. The zero-order valence-electron chi connectivity index (χ0n) is 17.3. The quantitative estimate of drug-likeness (QED) is 0.128. The number of hydrogen-bond donors (Lipinski definition) is 8. The van der Waals surface area contributed by atoms with Crippen LogP contribution in [0.4, 0.5) is 0 Å². The molecule has 0 aliphatic heterocycles. The van der Waals surface area contributed by atoms with Crippen molar-refractivity contribution in [3.05, 3.63) is 0 Å². The number of nitrogens with one attached hydrogen (secondary N) is 3. The molecular formula is C17H30N6O8. The van der Waals surface area contributed by atoms with E-state index in [-0.39, 0.29) is 25.7 Å². The summed E-state index contributed by atoms with van der Waals surface area (Å²) in [7, 11) is 0. The Labute approximate surface area is 178 Å². The molecule has 5 atom stereocenters. The summed E-state index contributed by atoms with van der Waals surface area (Å²) in [6.45, 7) is 2.46. The number of hydrogen-bond acceptors (Lipinski definition) is 8. The molecule has 0 rings (SSSR count). The summed E-state index contributed by atoms with van der Waals surface area (Å²) in [5, 5.41) is 25.0. The number of carbonyl (C=O) groups is 6. The van der Waals surface area contributed by atoms with Crippen molar-refractivity contribution in [2.75, 3.05) is 0 Å². The fraction of sp³-hybridized carbons (Fsp3) is 0.647. The highest BCUT2D eigenvalue weighted by atomic mass is 16.4. The molecule has 5 unspecified atom stereocenters. The number of carboxylic acid groups (broad SMARTS) is 1. The monoisotopic (exact) mass is 446 g/mol. The molecule has 0 aromatic heterocycles. The first-order valence-electron chi connectivity index (χ1n) is 9.40.